The fourth-order valence-corrected chi connectivity index (χ4v) is 6.64. The van der Waals surface area contributed by atoms with Gasteiger partial charge in [0, 0.05) is 25.2 Å². The van der Waals surface area contributed by atoms with Crippen LogP contribution in [0.5, 0.6) is 0 Å². The molecule has 36 heavy (non-hydrogen) atoms. The minimum atomic E-state index is 0.461. The minimum Gasteiger partial charge on any atom is -0.299 e. The number of rotatable bonds is 6. The van der Waals surface area contributed by atoms with E-state index in [0.717, 1.165) is 38.8 Å². The highest BCUT2D eigenvalue weighted by atomic mass is 15.1. The van der Waals surface area contributed by atoms with Gasteiger partial charge in [0.1, 0.15) is 0 Å². The Morgan fingerprint density at radius 2 is 1.00 bits per heavy atom. The van der Waals surface area contributed by atoms with Gasteiger partial charge in [-0.1, -0.05) is 88.4 Å². The van der Waals surface area contributed by atoms with Gasteiger partial charge in [0.25, 0.3) is 0 Å². The fraction of sp³-hybridized carbons (Fsp3) is 0.471. The van der Waals surface area contributed by atoms with E-state index in [-0.39, 0.29) is 0 Å². The van der Waals surface area contributed by atoms with Gasteiger partial charge in [-0.25, -0.2) is 0 Å². The zero-order valence-electron chi connectivity index (χ0n) is 23.2. The van der Waals surface area contributed by atoms with Crippen LogP contribution in [0.3, 0.4) is 0 Å². The first-order chi connectivity index (χ1) is 17.3. The molecule has 190 valence electrons. The number of fused-ring (bicyclic) bond motifs is 2. The van der Waals surface area contributed by atoms with Crippen LogP contribution in [0.2, 0.25) is 0 Å². The van der Waals surface area contributed by atoms with E-state index in [1.807, 2.05) is 0 Å². The van der Waals surface area contributed by atoms with Crippen molar-refractivity contribution in [3.63, 3.8) is 0 Å². The summed E-state index contributed by atoms with van der Waals surface area (Å²) in [7, 11) is 4.61. The number of likely N-dealkylation sites (N-methyl/N-ethyl adjacent to an activating group) is 2. The van der Waals surface area contributed by atoms with Gasteiger partial charge in [-0.05, 0) is 96.1 Å². The van der Waals surface area contributed by atoms with Gasteiger partial charge < -0.3 is 0 Å². The van der Waals surface area contributed by atoms with Gasteiger partial charge in [0.05, 0.1) is 0 Å². The van der Waals surface area contributed by atoms with E-state index in [1.54, 1.807) is 22.3 Å². The number of hydrogen-bond acceptors (Lipinski definition) is 2. The molecular weight excluding hydrogens is 436 g/mol. The summed E-state index contributed by atoms with van der Waals surface area (Å²) in [5.74, 6) is 1.12. The first-order valence-corrected chi connectivity index (χ1v) is 14.0. The van der Waals surface area contributed by atoms with Crippen LogP contribution < -0.4 is 0 Å². The van der Waals surface area contributed by atoms with Gasteiger partial charge in [-0.3, -0.25) is 9.80 Å². The summed E-state index contributed by atoms with van der Waals surface area (Å²) in [6.45, 7) is 11.6. The van der Waals surface area contributed by atoms with Crippen molar-refractivity contribution < 1.29 is 0 Å². The van der Waals surface area contributed by atoms with E-state index in [2.05, 4.69) is 112 Å². The predicted octanol–water partition coefficient (Wildman–Crippen LogP) is 7.48. The topological polar surface area (TPSA) is 6.48 Å². The van der Waals surface area contributed by atoms with Gasteiger partial charge in [-0.15, -0.1) is 0 Å². The molecule has 3 aromatic rings. The lowest BCUT2D eigenvalue weighted by Crippen LogP contribution is -2.34. The highest BCUT2D eigenvalue weighted by molar-refractivity contribution is 5.44. The molecule has 2 unspecified atom stereocenters. The zero-order chi connectivity index (χ0) is 25.4. The van der Waals surface area contributed by atoms with Crippen molar-refractivity contribution in [2.45, 2.75) is 77.3 Å². The normalized spacial score (nSPS) is 20.6. The molecule has 0 spiro atoms. The predicted molar refractivity (Wildman–Crippen MR) is 153 cm³/mol. The molecule has 0 N–H and O–H groups in total. The third-order valence-corrected chi connectivity index (χ3v) is 8.78. The van der Waals surface area contributed by atoms with Crippen LogP contribution in [-0.2, 0) is 25.7 Å². The van der Waals surface area contributed by atoms with Crippen molar-refractivity contribution in [2.75, 3.05) is 27.2 Å². The molecule has 0 bridgehead atoms. The second-order valence-corrected chi connectivity index (χ2v) is 11.9. The van der Waals surface area contributed by atoms with E-state index in [9.17, 15) is 0 Å². The second-order valence-electron chi connectivity index (χ2n) is 11.9. The quantitative estimate of drug-likeness (QED) is 0.361. The molecule has 0 radical (unpaired) electrons. The summed E-state index contributed by atoms with van der Waals surface area (Å²) in [4.78, 5) is 5.15. The molecule has 2 aliphatic rings. The molecule has 0 aromatic heterocycles. The maximum absolute atomic E-state index is 2.57. The molecule has 2 heteroatoms. The zero-order valence-corrected chi connectivity index (χ0v) is 23.2. The van der Waals surface area contributed by atoms with Gasteiger partial charge in [-0.2, -0.15) is 0 Å². The average molecular weight is 481 g/mol. The SMILES string of the molecule is CC(C)c1cccc2c1C(Cc1ccc(CC3c4c(cccc4C(C)C)CCN3C)cc1)N(C)CC2. The molecule has 0 saturated heterocycles. The molecule has 0 aliphatic carbocycles. The Morgan fingerprint density at radius 1 is 0.611 bits per heavy atom. The lowest BCUT2D eigenvalue weighted by Gasteiger charge is -2.37. The molecule has 2 atom stereocenters. The van der Waals surface area contributed by atoms with Crippen LogP contribution in [0, 0.1) is 0 Å². The first kappa shape index (κ1) is 25.2. The van der Waals surface area contributed by atoms with Crippen molar-refractivity contribution in [2.24, 2.45) is 0 Å². The molecule has 0 fully saturated rings. The Balaban J connectivity index is 1.38. The minimum absolute atomic E-state index is 0.461. The highest BCUT2D eigenvalue weighted by Gasteiger charge is 2.29. The summed E-state index contributed by atoms with van der Waals surface area (Å²) in [6, 6.07) is 24.4. The Morgan fingerprint density at radius 3 is 1.36 bits per heavy atom. The van der Waals surface area contributed by atoms with Crippen molar-refractivity contribution in [1.29, 1.82) is 0 Å². The molecular formula is C34H44N2. The van der Waals surface area contributed by atoms with E-state index in [4.69, 9.17) is 0 Å². The molecule has 2 nitrogen and oxygen atoms in total. The van der Waals surface area contributed by atoms with E-state index in [0.29, 0.717) is 23.9 Å². The lowest BCUT2D eigenvalue weighted by molar-refractivity contribution is 0.227. The molecule has 2 aliphatic heterocycles. The smallest absolute Gasteiger partial charge is 0.0391 e. The van der Waals surface area contributed by atoms with Gasteiger partial charge >= 0.3 is 0 Å². The van der Waals surface area contributed by atoms with Crippen LogP contribution in [0.1, 0.15) is 96.1 Å². The lowest BCUT2D eigenvalue weighted by atomic mass is 9.82. The van der Waals surface area contributed by atoms with E-state index < -0.39 is 0 Å². The summed E-state index contributed by atoms with van der Waals surface area (Å²) in [6.07, 6.45) is 4.49. The number of nitrogens with zero attached hydrogens (tertiary/aromatic N) is 2. The van der Waals surface area contributed by atoms with Crippen molar-refractivity contribution in [1.82, 2.24) is 9.80 Å². The van der Waals surface area contributed by atoms with Crippen molar-refractivity contribution in [3.05, 3.63) is 105 Å². The molecule has 0 amide bonds. The fourth-order valence-electron chi connectivity index (χ4n) is 6.64. The summed E-state index contributed by atoms with van der Waals surface area (Å²) in [5.41, 5.74) is 12.2. The van der Waals surface area contributed by atoms with Gasteiger partial charge in [0.2, 0.25) is 0 Å². The third kappa shape index (κ3) is 4.91. The maximum atomic E-state index is 2.57. The van der Waals surface area contributed by atoms with Crippen LogP contribution in [0.4, 0.5) is 0 Å². The Kier molecular flexibility index (Phi) is 7.37. The number of benzene rings is 3. The summed E-state index contributed by atoms with van der Waals surface area (Å²) in [5, 5.41) is 0. The molecule has 0 saturated carbocycles. The van der Waals surface area contributed by atoms with Crippen molar-refractivity contribution >= 4 is 0 Å². The van der Waals surface area contributed by atoms with Crippen LogP contribution in [0.15, 0.2) is 60.7 Å². The van der Waals surface area contributed by atoms with Crippen LogP contribution >= 0.6 is 0 Å². The van der Waals surface area contributed by atoms with Crippen molar-refractivity contribution in [3.8, 4) is 0 Å². The highest BCUT2D eigenvalue weighted by Crippen LogP contribution is 2.38. The van der Waals surface area contributed by atoms with E-state index in [1.165, 1.54) is 22.3 Å². The van der Waals surface area contributed by atoms with E-state index >= 15 is 0 Å². The Labute approximate surface area is 219 Å². The standard InChI is InChI=1S/C34H44N2/c1-23(2)29-11-7-9-27-17-19-35(5)31(33(27)29)21-25-13-15-26(16-14-25)22-32-34-28(18-20-36(32)6)10-8-12-30(34)24(3)4/h7-16,23-24,31-32H,17-22H2,1-6H3. The third-order valence-electron chi connectivity index (χ3n) is 8.78. The van der Waals surface area contributed by atoms with Crippen LogP contribution in [-0.4, -0.2) is 37.0 Å². The Bertz CT molecular complexity index is 1100. The molecule has 5 rings (SSSR count). The largest absolute Gasteiger partial charge is 0.299 e. The summed E-state index contributed by atoms with van der Waals surface area (Å²) >= 11 is 0. The summed E-state index contributed by atoms with van der Waals surface area (Å²) < 4.78 is 0. The van der Waals surface area contributed by atoms with Gasteiger partial charge in [0.15, 0.2) is 0 Å². The van der Waals surface area contributed by atoms with Crippen LogP contribution in [0.25, 0.3) is 0 Å². The Hall–Kier alpha value is -2.42. The maximum Gasteiger partial charge on any atom is 0.0391 e. The second kappa shape index (κ2) is 10.5. The monoisotopic (exact) mass is 480 g/mol. The molecule has 2 heterocycles. The average Bonchev–Trinajstić information content (AvgIpc) is 2.87. The first-order valence-electron chi connectivity index (χ1n) is 14.0. The molecule has 3 aromatic carbocycles. The number of hydrogen-bond donors (Lipinski definition) is 0.